The van der Waals surface area contributed by atoms with Crippen molar-refractivity contribution in [2.75, 3.05) is 5.32 Å². The van der Waals surface area contributed by atoms with Crippen LogP contribution in [-0.2, 0) is 6.54 Å². The van der Waals surface area contributed by atoms with E-state index in [1.807, 2.05) is 10.9 Å². The van der Waals surface area contributed by atoms with E-state index in [2.05, 4.69) is 23.5 Å². The zero-order chi connectivity index (χ0) is 13.8. The molecule has 3 nitrogen and oxygen atoms in total. The van der Waals surface area contributed by atoms with Gasteiger partial charge in [0, 0.05) is 18.8 Å². The Labute approximate surface area is 123 Å². The number of rotatable bonds is 4. The van der Waals surface area contributed by atoms with Crippen LogP contribution in [-0.4, -0.2) is 15.8 Å². The van der Waals surface area contributed by atoms with Gasteiger partial charge in [0.15, 0.2) is 0 Å². The Balaban J connectivity index is 1.65. The second-order valence-electron chi connectivity index (χ2n) is 6.68. The molecule has 0 aromatic carbocycles. The minimum Gasteiger partial charge on any atom is -0.379 e. The van der Waals surface area contributed by atoms with Crippen LogP contribution in [0.1, 0.15) is 64.7 Å². The Hall–Kier alpha value is -0.990. The topological polar surface area (TPSA) is 29.9 Å². The van der Waals surface area contributed by atoms with Crippen LogP contribution in [0.25, 0.3) is 0 Å². The third-order valence-corrected chi connectivity index (χ3v) is 5.38. The van der Waals surface area contributed by atoms with Crippen molar-refractivity contribution >= 4 is 5.69 Å². The van der Waals surface area contributed by atoms with Crippen molar-refractivity contribution < 1.29 is 0 Å². The van der Waals surface area contributed by atoms with Gasteiger partial charge in [0.05, 0.1) is 11.9 Å². The smallest absolute Gasteiger partial charge is 0.0728 e. The molecule has 1 aromatic heterocycles. The molecule has 2 unspecified atom stereocenters. The summed E-state index contributed by atoms with van der Waals surface area (Å²) in [4.78, 5) is 0. The maximum Gasteiger partial charge on any atom is 0.0728 e. The lowest BCUT2D eigenvalue weighted by Crippen LogP contribution is -2.37. The number of hydrogen-bond acceptors (Lipinski definition) is 2. The predicted molar refractivity (Wildman–Crippen MR) is 83.8 cm³/mol. The molecular weight excluding hydrogens is 246 g/mol. The maximum atomic E-state index is 4.39. The molecule has 0 bridgehead atoms. The van der Waals surface area contributed by atoms with Crippen molar-refractivity contribution in [3.05, 3.63) is 12.4 Å². The lowest BCUT2D eigenvalue weighted by atomic mass is 9.71. The molecule has 1 N–H and O–H groups in total. The molecule has 0 amide bonds. The molecule has 2 aliphatic rings. The number of nitrogens with zero attached hydrogens (tertiary/aromatic N) is 2. The third-order valence-electron chi connectivity index (χ3n) is 5.38. The Bertz CT molecular complexity index is 406. The second kappa shape index (κ2) is 6.64. The van der Waals surface area contributed by atoms with Gasteiger partial charge in [0.1, 0.15) is 0 Å². The van der Waals surface area contributed by atoms with E-state index in [1.165, 1.54) is 63.5 Å². The van der Waals surface area contributed by atoms with Crippen molar-refractivity contribution in [3.63, 3.8) is 0 Å². The van der Waals surface area contributed by atoms with Gasteiger partial charge in [-0.15, -0.1) is 0 Å². The van der Waals surface area contributed by atoms with E-state index in [0.717, 1.165) is 18.4 Å². The summed E-state index contributed by atoms with van der Waals surface area (Å²) in [5.41, 5.74) is 1.22. The molecule has 1 aromatic rings. The number of aromatic nitrogens is 2. The number of anilines is 1. The molecule has 3 rings (SSSR count). The van der Waals surface area contributed by atoms with Gasteiger partial charge in [-0.25, -0.2) is 0 Å². The lowest BCUT2D eigenvalue weighted by molar-refractivity contribution is 0.180. The molecule has 1 heterocycles. The summed E-state index contributed by atoms with van der Waals surface area (Å²) < 4.78 is 2.01. The first-order valence-corrected chi connectivity index (χ1v) is 8.66. The van der Waals surface area contributed by atoms with Gasteiger partial charge in [0.25, 0.3) is 0 Å². The molecule has 2 saturated carbocycles. The first-order valence-electron chi connectivity index (χ1n) is 8.66. The summed E-state index contributed by atoms with van der Waals surface area (Å²) in [5.74, 6) is 1.87. The molecule has 20 heavy (non-hydrogen) atoms. The fraction of sp³-hybridized carbons (Fsp3) is 0.824. The standard InChI is InChI=1S/C17H29N3/c1-2-20-13-15(12-18-20)19-17-11-7-6-10-16(17)14-8-4-3-5-9-14/h12-14,16-17,19H,2-11H2,1H3. The molecule has 0 radical (unpaired) electrons. The van der Waals surface area contributed by atoms with E-state index < -0.39 is 0 Å². The quantitative estimate of drug-likeness (QED) is 0.879. The highest BCUT2D eigenvalue weighted by Crippen LogP contribution is 2.39. The van der Waals surface area contributed by atoms with Crippen molar-refractivity contribution in [2.45, 2.75) is 77.3 Å². The van der Waals surface area contributed by atoms with Gasteiger partial charge < -0.3 is 5.32 Å². The molecule has 2 fully saturated rings. The second-order valence-corrected chi connectivity index (χ2v) is 6.68. The van der Waals surface area contributed by atoms with E-state index in [1.54, 1.807) is 0 Å². The molecule has 2 aliphatic carbocycles. The first-order chi connectivity index (χ1) is 9.86. The van der Waals surface area contributed by atoms with E-state index in [0.29, 0.717) is 6.04 Å². The van der Waals surface area contributed by atoms with Crippen molar-refractivity contribution in [2.24, 2.45) is 11.8 Å². The van der Waals surface area contributed by atoms with E-state index >= 15 is 0 Å². The Morgan fingerprint density at radius 3 is 2.60 bits per heavy atom. The maximum absolute atomic E-state index is 4.39. The van der Waals surface area contributed by atoms with Crippen LogP contribution in [0.15, 0.2) is 12.4 Å². The number of nitrogens with one attached hydrogen (secondary N) is 1. The van der Waals surface area contributed by atoms with Crippen LogP contribution in [0.5, 0.6) is 0 Å². The Morgan fingerprint density at radius 2 is 1.85 bits per heavy atom. The van der Waals surface area contributed by atoms with Gasteiger partial charge in [-0.05, 0) is 31.6 Å². The van der Waals surface area contributed by atoms with Crippen LogP contribution in [0.3, 0.4) is 0 Å². The summed E-state index contributed by atoms with van der Waals surface area (Å²) in [5, 5.41) is 8.19. The summed E-state index contributed by atoms with van der Waals surface area (Å²) in [6, 6.07) is 0.682. The highest BCUT2D eigenvalue weighted by molar-refractivity contribution is 5.39. The molecule has 0 saturated heterocycles. The van der Waals surface area contributed by atoms with Gasteiger partial charge in [-0.3, -0.25) is 4.68 Å². The normalized spacial score (nSPS) is 28.4. The van der Waals surface area contributed by atoms with E-state index in [4.69, 9.17) is 0 Å². The minimum atomic E-state index is 0.682. The van der Waals surface area contributed by atoms with E-state index in [-0.39, 0.29) is 0 Å². The highest BCUT2D eigenvalue weighted by atomic mass is 15.3. The van der Waals surface area contributed by atoms with Crippen LogP contribution < -0.4 is 5.32 Å². The number of aryl methyl sites for hydroxylation is 1. The average molecular weight is 275 g/mol. The summed E-state index contributed by atoms with van der Waals surface area (Å²) in [6.45, 7) is 3.10. The fourth-order valence-electron chi connectivity index (χ4n) is 4.29. The molecule has 112 valence electrons. The van der Waals surface area contributed by atoms with Crippen LogP contribution >= 0.6 is 0 Å². The fourth-order valence-corrected chi connectivity index (χ4v) is 4.29. The lowest BCUT2D eigenvalue weighted by Gasteiger charge is -2.39. The number of hydrogen-bond donors (Lipinski definition) is 1. The SMILES string of the molecule is CCn1cc(NC2CCCCC2C2CCCCC2)cn1. The average Bonchev–Trinajstić information content (AvgIpc) is 2.96. The minimum absolute atomic E-state index is 0.682. The molecule has 2 atom stereocenters. The largest absolute Gasteiger partial charge is 0.379 e. The van der Waals surface area contributed by atoms with E-state index in [9.17, 15) is 0 Å². The highest BCUT2D eigenvalue weighted by Gasteiger charge is 2.32. The van der Waals surface area contributed by atoms with Gasteiger partial charge in [0.2, 0.25) is 0 Å². The van der Waals surface area contributed by atoms with Gasteiger partial charge in [-0.1, -0.05) is 44.9 Å². The van der Waals surface area contributed by atoms with Crippen LogP contribution in [0.4, 0.5) is 5.69 Å². The molecular formula is C17H29N3. The predicted octanol–water partition coefficient (Wildman–Crippen LogP) is 4.45. The van der Waals surface area contributed by atoms with Crippen molar-refractivity contribution in [1.29, 1.82) is 0 Å². The first kappa shape index (κ1) is 14.0. The monoisotopic (exact) mass is 275 g/mol. The summed E-state index contributed by atoms with van der Waals surface area (Å²) >= 11 is 0. The van der Waals surface area contributed by atoms with Crippen molar-refractivity contribution in [1.82, 2.24) is 9.78 Å². The summed E-state index contributed by atoms with van der Waals surface area (Å²) in [7, 11) is 0. The molecule has 0 aliphatic heterocycles. The third kappa shape index (κ3) is 3.18. The van der Waals surface area contributed by atoms with Crippen LogP contribution in [0, 0.1) is 11.8 Å². The Morgan fingerprint density at radius 1 is 1.10 bits per heavy atom. The van der Waals surface area contributed by atoms with Crippen molar-refractivity contribution in [3.8, 4) is 0 Å². The zero-order valence-electron chi connectivity index (χ0n) is 12.9. The summed E-state index contributed by atoms with van der Waals surface area (Å²) in [6.07, 6.45) is 17.1. The molecule has 3 heteroatoms. The molecule has 0 spiro atoms. The van der Waals surface area contributed by atoms with Gasteiger partial charge in [-0.2, -0.15) is 5.10 Å². The zero-order valence-corrected chi connectivity index (χ0v) is 12.9. The van der Waals surface area contributed by atoms with Crippen LogP contribution in [0.2, 0.25) is 0 Å². The Kier molecular flexibility index (Phi) is 4.64. The van der Waals surface area contributed by atoms with Gasteiger partial charge >= 0.3 is 0 Å².